The molecule has 5 rings (SSSR count). The first-order valence-electron chi connectivity index (χ1n) is 11.4. The first kappa shape index (κ1) is 23.5. The van der Waals surface area contributed by atoms with Crippen molar-refractivity contribution in [2.75, 3.05) is 25.5 Å². The highest BCUT2D eigenvalue weighted by molar-refractivity contribution is 5.90. The summed E-state index contributed by atoms with van der Waals surface area (Å²) in [5, 5.41) is 7.72. The highest BCUT2D eigenvalue weighted by atomic mass is 19.4. The molecule has 3 heterocycles. The van der Waals surface area contributed by atoms with Gasteiger partial charge in [0.05, 0.1) is 23.0 Å². The number of pyridine rings is 1. The smallest absolute Gasteiger partial charge is 0.361 e. The number of alkyl halides is 3. The zero-order chi connectivity index (χ0) is 25.3. The van der Waals surface area contributed by atoms with E-state index in [2.05, 4.69) is 15.3 Å². The maximum atomic E-state index is 14.7. The number of likely N-dealkylation sites (tertiary alicyclic amines) is 1. The van der Waals surface area contributed by atoms with Crippen LogP contribution >= 0.6 is 0 Å². The van der Waals surface area contributed by atoms with E-state index in [1.807, 2.05) is 7.05 Å². The highest BCUT2D eigenvalue weighted by Gasteiger charge is 2.55. The lowest BCUT2D eigenvalue weighted by molar-refractivity contribution is -0.140. The molecule has 2 aromatic heterocycles. The van der Waals surface area contributed by atoms with Crippen LogP contribution in [0.4, 0.5) is 23.4 Å². The van der Waals surface area contributed by atoms with E-state index >= 15 is 0 Å². The van der Waals surface area contributed by atoms with Crippen molar-refractivity contribution in [3.05, 3.63) is 68.1 Å². The fourth-order valence-electron chi connectivity index (χ4n) is 5.30. The predicted molar refractivity (Wildman–Crippen MR) is 123 cm³/mol. The van der Waals surface area contributed by atoms with Crippen molar-refractivity contribution in [2.24, 2.45) is 12.5 Å². The maximum absolute atomic E-state index is 14.7. The minimum atomic E-state index is -4.83. The number of likely N-dealkylation sites (N-methyl/N-ethyl adjacent to an activating group) is 1. The third-order valence-electron chi connectivity index (χ3n) is 7.27. The van der Waals surface area contributed by atoms with Crippen LogP contribution in [0, 0.1) is 11.2 Å². The van der Waals surface area contributed by atoms with Crippen LogP contribution in [0.3, 0.4) is 0 Å². The normalized spacial score (nSPS) is 20.5. The molecular formula is C24H25F4N5O2. The standard InChI is InChI=1S/C24H25F4N5O2/c1-13(14-5-4-6-17(20(14)25)24(26,27)28)29-21-16-10-33(18-11-31(2)12-23(18)7-8-23)19(34)9-15(16)22(35)32(3)30-21/h4-6,9-10,13,18H,7-8,11-12H2,1-3H3,(H,29,30)/t13-,18?/m1/s1. The summed E-state index contributed by atoms with van der Waals surface area (Å²) in [6.45, 7) is 3.09. The fourth-order valence-corrected chi connectivity index (χ4v) is 5.30. The second-order valence-electron chi connectivity index (χ2n) is 9.77. The van der Waals surface area contributed by atoms with E-state index in [0.29, 0.717) is 18.0 Å². The Morgan fingerprint density at radius 1 is 1.17 bits per heavy atom. The summed E-state index contributed by atoms with van der Waals surface area (Å²) >= 11 is 0. The highest BCUT2D eigenvalue weighted by Crippen LogP contribution is 2.57. The van der Waals surface area contributed by atoms with Gasteiger partial charge in [-0.3, -0.25) is 9.59 Å². The van der Waals surface area contributed by atoms with E-state index in [0.717, 1.165) is 30.1 Å². The van der Waals surface area contributed by atoms with Crippen LogP contribution in [0.2, 0.25) is 0 Å². The largest absolute Gasteiger partial charge is 0.419 e. The third kappa shape index (κ3) is 3.91. The van der Waals surface area contributed by atoms with Gasteiger partial charge in [0, 0.05) is 48.8 Å². The van der Waals surface area contributed by atoms with E-state index in [9.17, 15) is 27.2 Å². The summed E-state index contributed by atoms with van der Waals surface area (Å²) in [5.41, 5.74) is -2.28. The summed E-state index contributed by atoms with van der Waals surface area (Å²) in [6.07, 6.45) is -1.20. The lowest BCUT2D eigenvalue weighted by atomic mass is 10.00. The van der Waals surface area contributed by atoms with Gasteiger partial charge in [-0.05, 0) is 32.9 Å². The molecule has 1 N–H and O–H groups in total. The molecule has 0 bridgehead atoms. The Labute approximate surface area is 198 Å². The number of hydrogen-bond donors (Lipinski definition) is 1. The zero-order valence-electron chi connectivity index (χ0n) is 19.5. The number of nitrogens with one attached hydrogen (secondary N) is 1. The van der Waals surface area contributed by atoms with Crippen LogP contribution in [-0.2, 0) is 13.2 Å². The van der Waals surface area contributed by atoms with Crippen LogP contribution in [-0.4, -0.2) is 39.4 Å². The zero-order valence-corrected chi connectivity index (χ0v) is 19.5. The summed E-state index contributed by atoms with van der Waals surface area (Å²) in [4.78, 5) is 28.0. The van der Waals surface area contributed by atoms with E-state index in [1.54, 1.807) is 10.8 Å². The minimum Gasteiger partial charge on any atom is -0.361 e. The number of rotatable bonds is 4. The van der Waals surface area contributed by atoms with Gasteiger partial charge in [-0.15, -0.1) is 0 Å². The van der Waals surface area contributed by atoms with Gasteiger partial charge in [0.15, 0.2) is 5.82 Å². The van der Waals surface area contributed by atoms with Crippen molar-refractivity contribution in [1.82, 2.24) is 19.2 Å². The molecule has 0 amide bonds. The fraction of sp³-hybridized carbons (Fsp3) is 0.458. The van der Waals surface area contributed by atoms with Crippen molar-refractivity contribution >= 4 is 16.6 Å². The average molecular weight is 491 g/mol. The second kappa shape index (κ2) is 7.91. The summed E-state index contributed by atoms with van der Waals surface area (Å²) in [5.74, 6) is -1.19. The van der Waals surface area contributed by atoms with Gasteiger partial charge in [-0.1, -0.05) is 12.1 Å². The number of anilines is 1. The first-order chi connectivity index (χ1) is 16.4. The third-order valence-corrected chi connectivity index (χ3v) is 7.27. The molecule has 7 nitrogen and oxygen atoms in total. The van der Waals surface area contributed by atoms with Crippen LogP contribution in [0.1, 0.15) is 43.0 Å². The molecular weight excluding hydrogens is 466 g/mol. The second-order valence-corrected chi connectivity index (χ2v) is 9.77. The summed E-state index contributed by atoms with van der Waals surface area (Å²) < 4.78 is 57.0. The van der Waals surface area contributed by atoms with Gasteiger partial charge >= 0.3 is 6.18 Å². The Morgan fingerprint density at radius 3 is 2.54 bits per heavy atom. The molecule has 2 atom stereocenters. The van der Waals surface area contributed by atoms with E-state index in [1.165, 1.54) is 26.1 Å². The van der Waals surface area contributed by atoms with E-state index < -0.39 is 29.2 Å². The number of aryl methyl sites for hydroxylation is 1. The molecule has 11 heteroatoms. The molecule has 1 saturated heterocycles. The van der Waals surface area contributed by atoms with Gasteiger partial charge in [-0.25, -0.2) is 9.07 Å². The number of halogens is 4. The van der Waals surface area contributed by atoms with Crippen LogP contribution in [0.15, 0.2) is 40.1 Å². The van der Waals surface area contributed by atoms with Crippen molar-refractivity contribution in [3.63, 3.8) is 0 Å². The van der Waals surface area contributed by atoms with Gasteiger partial charge in [0.2, 0.25) is 0 Å². The Kier molecular flexibility index (Phi) is 5.31. The molecule has 186 valence electrons. The monoisotopic (exact) mass is 491 g/mol. The number of nitrogens with zero attached hydrogens (tertiary/aromatic N) is 4. The molecule has 3 aromatic rings. The van der Waals surface area contributed by atoms with Crippen molar-refractivity contribution < 1.29 is 17.6 Å². The van der Waals surface area contributed by atoms with E-state index in [4.69, 9.17) is 0 Å². The number of hydrogen-bond acceptors (Lipinski definition) is 5. The Balaban J connectivity index is 1.60. The lowest BCUT2D eigenvalue weighted by Gasteiger charge is -2.22. The van der Waals surface area contributed by atoms with Crippen LogP contribution < -0.4 is 16.4 Å². The van der Waals surface area contributed by atoms with Gasteiger partial charge in [0.1, 0.15) is 5.82 Å². The molecule has 1 aliphatic heterocycles. The molecule has 1 aromatic carbocycles. The molecule has 1 aliphatic carbocycles. The number of aromatic nitrogens is 3. The quantitative estimate of drug-likeness (QED) is 0.564. The van der Waals surface area contributed by atoms with Crippen molar-refractivity contribution in [2.45, 2.75) is 38.0 Å². The van der Waals surface area contributed by atoms with Crippen molar-refractivity contribution in [3.8, 4) is 0 Å². The first-order valence-corrected chi connectivity index (χ1v) is 11.4. The summed E-state index contributed by atoms with van der Waals surface area (Å²) in [7, 11) is 3.42. The SMILES string of the molecule is C[C@@H](Nc1nn(C)c(=O)c2cc(=O)n(C3CN(C)CC34CC4)cc12)c1cccc(C(F)(F)F)c1F. The molecule has 1 saturated carbocycles. The lowest BCUT2D eigenvalue weighted by Crippen LogP contribution is -2.31. The average Bonchev–Trinajstić information content (AvgIpc) is 3.46. The molecule has 0 radical (unpaired) electrons. The Bertz CT molecular complexity index is 1440. The van der Waals surface area contributed by atoms with E-state index in [-0.39, 0.29) is 33.8 Å². The molecule has 35 heavy (non-hydrogen) atoms. The molecule has 2 aliphatic rings. The van der Waals surface area contributed by atoms with Crippen LogP contribution in [0.25, 0.3) is 10.8 Å². The van der Waals surface area contributed by atoms with Crippen molar-refractivity contribution in [1.29, 1.82) is 0 Å². The minimum absolute atomic E-state index is 0.0292. The van der Waals surface area contributed by atoms with Gasteiger partial charge < -0.3 is 14.8 Å². The van der Waals surface area contributed by atoms with Crippen LogP contribution in [0.5, 0.6) is 0 Å². The maximum Gasteiger partial charge on any atom is 0.419 e. The Morgan fingerprint density at radius 2 is 1.89 bits per heavy atom. The summed E-state index contributed by atoms with van der Waals surface area (Å²) in [6, 6.07) is 3.44. The molecule has 1 unspecified atom stereocenters. The topological polar surface area (TPSA) is 72.2 Å². The Hall–Kier alpha value is -3.21. The molecule has 1 spiro atoms. The van der Waals surface area contributed by atoms with Gasteiger partial charge in [0.25, 0.3) is 11.1 Å². The van der Waals surface area contributed by atoms with Gasteiger partial charge in [-0.2, -0.15) is 18.3 Å². The molecule has 2 fully saturated rings. The number of benzene rings is 1. The number of fused-ring (bicyclic) bond motifs is 1. The predicted octanol–water partition coefficient (Wildman–Crippen LogP) is 3.69.